The van der Waals surface area contributed by atoms with Crippen LogP contribution in [0, 0.1) is 0 Å². The highest BCUT2D eigenvalue weighted by molar-refractivity contribution is 5.40. The summed E-state index contributed by atoms with van der Waals surface area (Å²) in [6.07, 6.45) is -2.63. The number of halogens is 3. The van der Waals surface area contributed by atoms with Crippen LogP contribution in [0.1, 0.15) is 11.1 Å². The molecule has 6 heteroatoms. The molecule has 0 aliphatic rings. The number of benzene rings is 1. The molecule has 1 aromatic heterocycles. The van der Waals surface area contributed by atoms with Crippen molar-refractivity contribution in [1.29, 1.82) is 0 Å². The minimum atomic E-state index is -4.38. The summed E-state index contributed by atoms with van der Waals surface area (Å²) < 4.78 is 38.4. The van der Waals surface area contributed by atoms with Gasteiger partial charge in [0.15, 0.2) is 0 Å². The Morgan fingerprint density at radius 2 is 1.94 bits per heavy atom. The molecule has 3 nitrogen and oxygen atoms in total. The maximum atomic E-state index is 12.4. The van der Waals surface area contributed by atoms with Crippen molar-refractivity contribution in [3.63, 3.8) is 0 Å². The second-order valence-corrected chi connectivity index (χ2v) is 3.50. The SMILES string of the molecule is NCc1ccccc1-n1cc(C(F)(F)F)cn1. The van der Waals surface area contributed by atoms with E-state index in [1.165, 1.54) is 4.68 Å². The quantitative estimate of drug-likeness (QED) is 0.877. The van der Waals surface area contributed by atoms with E-state index in [0.29, 0.717) is 5.69 Å². The molecular weight excluding hydrogens is 231 g/mol. The summed E-state index contributed by atoms with van der Waals surface area (Å²) in [5, 5.41) is 3.70. The van der Waals surface area contributed by atoms with Gasteiger partial charge in [-0.3, -0.25) is 0 Å². The molecule has 1 heterocycles. The molecule has 0 bridgehead atoms. The van der Waals surface area contributed by atoms with E-state index in [2.05, 4.69) is 5.10 Å². The fourth-order valence-electron chi connectivity index (χ4n) is 1.51. The first-order valence-electron chi connectivity index (χ1n) is 4.92. The van der Waals surface area contributed by atoms with E-state index in [1.807, 2.05) is 0 Å². The summed E-state index contributed by atoms with van der Waals surface area (Å²) in [6.45, 7) is 0.247. The minimum Gasteiger partial charge on any atom is -0.326 e. The normalized spacial score (nSPS) is 11.8. The Bertz CT molecular complexity index is 517. The van der Waals surface area contributed by atoms with Crippen LogP contribution in [-0.4, -0.2) is 9.78 Å². The lowest BCUT2D eigenvalue weighted by molar-refractivity contribution is -0.137. The van der Waals surface area contributed by atoms with E-state index >= 15 is 0 Å². The Morgan fingerprint density at radius 3 is 2.53 bits per heavy atom. The van der Waals surface area contributed by atoms with E-state index in [1.54, 1.807) is 24.3 Å². The molecule has 2 N–H and O–H groups in total. The number of para-hydroxylation sites is 1. The molecule has 1 aromatic carbocycles. The van der Waals surface area contributed by atoms with Gasteiger partial charge >= 0.3 is 6.18 Å². The average molecular weight is 241 g/mol. The van der Waals surface area contributed by atoms with Gasteiger partial charge in [0, 0.05) is 12.7 Å². The van der Waals surface area contributed by atoms with Gasteiger partial charge in [-0.2, -0.15) is 18.3 Å². The van der Waals surface area contributed by atoms with Crippen molar-refractivity contribution in [2.45, 2.75) is 12.7 Å². The second kappa shape index (κ2) is 4.21. The number of alkyl halides is 3. The molecule has 0 atom stereocenters. The van der Waals surface area contributed by atoms with E-state index in [-0.39, 0.29) is 6.54 Å². The molecule has 0 aliphatic heterocycles. The lowest BCUT2D eigenvalue weighted by Crippen LogP contribution is -2.05. The first-order chi connectivity index (χ1) is 8.02. The zero-order valence-electron chi connectivity index (χ0n) is 8.78. The number of nitrogens with zero attached hydrogens (tertiary/aromatic N) is 2. The number of hydrogen-bond acceptors (Lipinski definition) is 2. The monoisotopic (exact) mass is 241 g/mol. The Hall–Kier alpha value is -1.82. The molecule has 0 spiro atoms. The fourth-order valence-corrected chi connectivity index (χ4v) is 1.51. The van der Waals surface area contributed by atoms with Crippen molar-refractivity contribution in [3.05, 3.63) is 47.8 Å². The highest BCUT2D eigenvalue weighted by atomic mass is 19.4. The van der Waals surface area contributed by atoms with Gasteiger partial charge < -0.3 is 5.73 Å². The molecule has 2 aromatic rings. The van der Waals surface area contributed by atoms with Gasteiger partial charge in [-0.05, 0) is 11.6 Å². The zero-order valence-corrected chi connectivity index (χ0v) is 8.78. The van der Waals surface area contributed by atoms with Gasteiger partial charge in [0.05, 0.1) is 17.4 Å². The third kappa shape index (κ3) is 2.31. The molecule has 0 aliphatic carbocycles. The van der Waals surface area contributed by atoms with Gasteiger partial charge in [0.25, 0.3) is 0 Å². The number of hydrogen-bond donors (Lipinski definition) is 1. The third-order valence-electron chi connectivity index (χ3n) is 2.37. The third-order valence-corrected chi connectivity index (χ3v) is 2.37. The maximum absolute atomic E-state index is 12.4. The minimum absolute atomic E-state index is 0.247. The summed E-state index contributed by atoms with van der Waals surface area (Å²) >= 11 is 0. The molecule has 0 saturated carbocycles. The Labute approximate surface area is 95.7 Å². The van der Waals surface area contributed by atoms with Crippen molar-refractivity contribution in [1.82, 2.24) is 9.78 Å². The lowest BCUT2D eigenvalue weighted by atomic mass is 10.2. The summed E-state index contributed by atoms with van der Waals surface area (Å²) in [7, 11) is 0. The fraction of sp³-hybridized carbons (Fsp3) is 0.182. The predicted octanol–water partition coefficient (Wildman–Crippen LogP) is 2.35. The summed E-state index contributed by atoms with van der Waals surface area (Å²) in [5.74, 6) is 0. The Balaban J connectivity index is 2.44. The molecule has 0 unspecified atom stereocenters. The van der Waals surface area contributed by atoms with Crippen molar-refractivity contribution in [2.75, 3.05) is 0 Å². The van der Waals surface area contributed by atoms with Crippen LogP contribution in [-0.2, 0) is 12.7 Å². The Kier molecular flexibility index (Phi) is 2.89. The summed E-state index contributed by atoms with van der Waals surface area (Å²) in [6, 6.07) is 6.93. The topological polar surface area (TPSA) is 43.8 Å². The van der Waals surface area contributed by atoms with Crippen molar-refractivity contribution in [3.8, 4) is 5.69 Å². The van der Waals surface area contributed by atoms with Crippen molar-refractivity contribution in [2.24, 2.45) is 5.73 Å². The largest absolute Gasteiger partial charge is 0.419 e. The van der Waals surface area contributed by atoms with E-state index < -0.39 is 11.7 Å². The van der Waals surface area contributed by atoms with Gasteiger partial charge in [0.1, 0.15) is 0 Å². The highest BCUT2D eigenvalue weighted by Gasteiger charge is 2.32. The smallest absolute Gasteiger partial charge is 0.326 e. The molecule has 0 saturated heterocycles. The number of rotatable bonds is 2. The zero-order chi connectivity index (χ0) is 12.5. The van der Waals surface area contributed by atoms with Crippen LogP contribution in [0.3, 0.4) is 0 Å². The number of aromatic nitrogens is 2. The van der Waals surface area contributed by atoms with Crippen LogP contribution in [0.2, 0.25) is 0 Å². The average Bonchev–Trinajstić information content (AvgIpc) is 2.77. The molecular formula is C11H10F3N3. The first kappa shape index (κ1) is 11.7. The van der Waals surface area contributed by atoms with Gasteiger partial charge in [0.2, 0.25) is 0 Å². The molecule has 0 radical (unpaired) electrons. The van der Waals surface area contributed by atoms with E-state index in [0.717, 1.165) is 18.0 Å². The van der Waals surface area contributed by atoms with Gasteiger partial charge in [-0.1, -0.05) is 18.2 Å². The van der Waals surface area contributed by atoms with Crippen molar-refractivity contribution < 1.29 is 13.2 Å². The van der Waals surface area contributed by atoms with Crippen LogP contribution in [0.5, 0.6) is 0 Å². The van der Waals surface area contributed by atoms with E-state index in [4.69, 9.17) is 5.73 Å². The van der Waals surface area contributed by atoms with Crippen LogP contribution >= 0.6 is 0 Å². The van der Waals surface area contributed by atoms with Crippen LogP contribution in [0.15, 0.2) is 36.7 Å². The summed E-state index contributed by atoms with van der Waals surface area (Å²) in [5.41, 5.74) is 6.04. The molecule has 0 amide bonds. The summed E-state index contributed by atoms with van der Waals surface area (Å²) in [4.78, 5) is 0. The molecule has 17 heavy (non-hydrogen) atoms. The Morgan fingerprint density at radius 1 is 1.24 bits per heavy atom. The van der Waals surface area contributed by atoms with Crippen LogP contribution in [0.25, 0.3) is 5.69 Å². The molecule has 0 fully saturated rings. The maximum Gasteiger partial charge on any atom is 0.419 e. The predicted molar refractivity (Wildman–Crippen MR) is 56.5 cm³/mol. The highest BCUT2D eigenvalue weighted by Crippen LogP contribution is 2.29. The number of nitrogens with two attached hydrogens (primary N) is 1. The van der Waals surface area contributed by atoms with Crippen LogP contribution in [0.4, 0.5) is 13.2 Å². The van der Waals surface area contributed by atoms with Gasteiger partial charge in [-0.15, -0.1) is 0 Å². The second-order valence-electron chi connectivity index (χ2n) is 3.50. The van der Waals surface area contributed by atoms with Gasteiger partial charge in [-0.25, -0.2) is 4.68 Å². The van der Waals surface area contributed by atoms with E-state index in [9.17, 15) is 13.2 Å². The molecule has 2 rings (SSSR count). The standard InChI is InChI=1S/C11H10F3N3/c12-11(13,14)9-6-16-17(7-9)10-4-2-1-3-8(10)5-15/h1-4,6-7H,5,15H2. The lowest BCUT2D eigenvalue weighted by Gasteiger charge is -2.07. The first-order valence-corrected chi connectivity index (χ1v) is 4.92. The van der Waals surface area contributed by atoms with Crippen molar-refractivity contribution >= 4 is 0 Å². The molecule has 90 valence electrons. The van der Waals surface area contributed by atoms with Crippen LogP contribution < -0.4 is 5.73 Å².